The van der Waals surface area contributed by atoms with Crippen LogP contribution in [0.1, 0.15) is 24.0 Å². The summed E-state index contributed by atoms with van der Waals surface area (Å²) in [5.74, 6) is 1.31. The molecule has 3 atom stereocenters. The zero-order valence-corrected chi connectivity index (χ0v) is 14.8. The Morgan fingerprint density at radius 1 is 1.12 bits per heavy atom. The third-order valence-electron chi connectivity index (χ3n) is 5.59. The van der Waals surface area contributed by atoms with Gasteiger partial charge in [0.1, 0.15) is 0 Å². The molecule has 4 rings (SSSR count). The van der Waals surface area contributed by atoms with Crippen LogP contribution in [0, 0.1) is 17.8 Å². The Morgan fingerprint density at radius 3 is 2.50 bits per heavy atom. The van der Waals surface area contributed by atoms with Crippen LogP contribution < -0.4 is 0 Å². The van der Waals surface area contributed by atoms with Crippen LogP contribution in [0.2, 0.25) is 0 Å². The first-order chi connectivity index (χ1) is 11.4. The fourth-order valence-electron chi connectivity index (χ4n) is 4.20. The number of amides is 1. The maximum absolute atomic E-state index is 12.9. The van der Waals surface area contributed by atoms with Crippen molar-refractivity contribution in [1.29, 1.82) is 0 Å². The fourth-order valence-corrected chi connectivity index (χ4v) is 5.15. The van der Waals surface area contributed by atoms with Crippen LogP contribution in [-0.4, -0.2) is 37.6 Å². The second kappa shape index (κ2) is 5.43. The third kappa shape index (κ3) is 2.40. The predicted octanol–water partition coefficient (Wildman–Crippen LogP) is 1.99. The van der Waals surface area contributed by atoms with Crippen molar-refractivity contribution in [3.63, 3.8) is 0 Å². The first-order valence-corrected chi connectivity index (χ1v) is 9.81. The summed E-state index contributed by atoms with van der Waals surface area (Å²) in [4.78, 5) is 15.0. The maximum Gasteiger partial charge on any atom is 0.242 e. The zero-order chi connectivity index (χ0) is 17.1. The Labute approximate surface area is 143 Å². The SMILES string of the molecule is CN(C)S(=O)(=O)c1ccc2c(c1)CN(C(=O)C1CC3C=CC1C3)C2. The summed E-state index contributed by atoms with van der Waals surface area (Å²) in [6.45, 7) is 1.11. The van der Waals surface area contributed by atoms with Gasteiger partial charge in [-0.2, -0.15) is 0 Å². The molecule has 0 aromatic heterocycles. The molecule has 1 heterocycles. The normalized spacial score (nSPS) is 28.0. The molecule has 0 saturated heterocycles. The molecule has 5 nitrogen and oxygen atoms in total. The lowest BCUT2D eigenvalue weighted by Crippen LogP contribution is -2.33. The van der Waals surface area contributed by atoms with Gasteiger partial charge in [0.15, 0.2) is 0 Å². The number of carbonyl (C=O) groups excluding carboxylic acids is 1. The van der Waals surface area contributed by atoms with E-state index in [0.29, 0.717) is 29.8 Å². The molecule has 3 unspecified atom stereocenters. The number of allylic oxidation sites excluding steroid dienone is 2. The number of fused-ring (bicyclic) bond motifs is 3. The molecule has 1 amide bonds. The van der Waals surface area contributed by atoms with Crippen molar-refractivity contribution in [2.75, 3.05) is 14.1 Å². The highest BCUT2D eigenvalue weighted by Crippen LogP contribution is 2.45. The monoisotopic (exact) mass is 346 g/mol. The van der Waals surface area contributed by atoms with Crippen LogP contribution in [-0.2, 0) is 27.9 Å². The van der Waals surface area contributed by atoms with E-state index in [1.54, 1.807) is 12.1 Å². The number of benzene rings is 1. The summed E-state index contributed by atoms with van der Waals surface area (Å²) in [6, 6.07) is 5.21. The maximum atomic E-state index is 12.9. The van der Waals surface area contributed by atoms with Crippen molar-refractivity contribution in [3.05, 3.63) is 41.5 Å². The Bertz CT molecular complexity index is 829. The predicted molar refractivity (Wildman–Crippen MR) is 90.4 cm³/mol. The van der Waals surface area contributed by atoms with E-state index in [0.717, 1.165) is 24.0 Å². The number of carbonyl (C=O) groups is 1. The lowest BCUT2D eigenvalue weighted by atomic mass is 9.92. The second-order valence-electron chi connectivity index (χ2n) is 7.30. The lowest BCUT2D eigenvalue weighted by molar-refractivity contribution is -0.137. The van der Waals surface area contributed by atoms with Gasteiger partial charge in [0.05, 0.1) is 4.90 Å². The quantitative estimate of drug-likeness (QED) is 0.787. The summed E-state index contributed by atoms with van der Waals surface area (Å²) in [5, 5.41) is 0. The van der Waals surface area contributed by atoms with Gasteiger partial charge >= 0.3 is 0 Å². The average molecular weight is 346 g/mol. The molecular weight excluding hydrogens is 324 g/mol. The number of rotatable bonds is 3. The molecule has 0 N–H and O–H groups in total. The molecule has 24 heavy (non-hydrogen) atoms. The van der Waals surface area contributed by atoms with E-state index in [1.165, 1.54) is 18.4 Å². The number of nitrogens with zero attached hydrogens (tertiary/aromatic N) is 2. The average Bonchev–Trinajstić information content (AvgIpc) is 3.27. The molecule has 1 fully saturated rings. The minimum absolute atomic E-state index is 0.110. The largest absolute Gasteiger partial charge is 0.334 e. The van der Waals surface area contributed by atoms with Crippen LogP contribution in [0.3, 0.4) is 0 Å². The molecule has 1 aromatic carbocycles. The van der Waals surface area contributed by atoms with E-state index in [4.69, 9.17) is 0 Å². The molecule has 1 saturated carbocycles. The Kier molecular flexibility index (Phi) is 3.58. The van der Waals surface area contributed by atoms with Gasteiger partial charge in [0, 0.05) is 33.1 Å². The van der Waals surface area contributed by atoms with Crippen molar-refractivity contribution in [3.8, 4) is 0 Å². The van der Waals surface area contributed by atoms with Gasteiger partial charge in [-0.1, -0.05) is 18.2 Å². The summed E-state index contributed by atoms with van der Waals surface area (Å²) < 4.78 is 25.8. The van der Waals surface area contributed by atoms with Crippen molar-refractivity contribution >= 4 is 15.9 Å². The van der Waals surface area contributed by atoms with Gasteiger partial charge in [-0.15, -0.1) is 0 Å². The molecule has 1 aromatic rings. The minimum Gasteiger partial charge on any atom is -0.334 e. The standard InChI is InChI=1S/C18H22N2O3S/c1-19(2)24(22,23)16-6-5-14-10-20(11-15(14)9-16)18(21)17-8-12-3-4-13(17)7-12/h3-6,9,12-13,17H,7-8,10-11H2,1-2H3. The Balaban J connectivity index is 1.54. The van der Waals surface area contributed by atoms with E-state index in [-0.39, 0.29) is 11.8 Å². The number of sulfonamides is 1. The van der Waals surface area contributed by atoms with E-state index in [9.17, 15) is 13.2 Å². The van der Waals surface area contributed by atoms with Gasteiger partial charge in [-0.25, -0.2) is 12.7 Å². The van der Waals surface area contributed by atoms with E-state index in [1.807, 2.05) is 11.0 Å². The van der Waals surface area contributed by atoms with Crippen LogP contribution in [0.5, 0.6) is 0 Å². The molecule has 2 aliphatic carbocycles. The fraction of sp³-hybridized carbons (Fsp3) is 0.500. The smallest absolute Gasteiger partial charge is 0.242 e. The zero-order valence-electron chi connectivity index (χ0n) is 14.0. The van der Waals surface area contributed by atoms with Crippen molar-refractivity contribution in [2.24, 2.45) is 17.8 Å². The van der Waals surface area contributed by atoms with Crippen LogP contribution in [0.25, 0.3) is 0 Å². The van der Waals surface area contributed by atoms with Crippen molar-refractivity contribution < 1.29 is 13.2 Å². The van der Waals surface area contributed by atoms with E-state index in [2.05, 4.69) is 12.2 Å². The lowest BCUT2D eigenvalue weighted by Gasteiger charge is -2.24. The molecular formula is C18H22N2O3S. The van der Waals surface area contributed by atoms with Crippen molar-refractivity contribution in [2.45, 2.75) is 30.8 Å². The summed E-state index contributed by atoms with van der Waals surface area (Å²) in [6.07, 6.45) is 6.52. The summed E-state index contributed by atoms with van der Waals surface area (Å²) >= 11 is 0. The molecule has 0 spiro atoms. The second-order valence-corrected chi connectivity index (χ2v) is 9.45. The molecule has 2 bridgehead atoms. The van der Waals surface area contributed by atoms with Crippen LogP contribution in [0.15, 0.2) is 35.2 Å². The Hall–Kier alpha value is -1.66. The number of hydrogen-bond acceptors (Lipinski definition) is 3. The first kappa shape index (κ1) is 15.8. The Morgan fingerprint density at radius 2 is 1.88 bits per heavy atom. The summed E-state index contributed by atoms with van der Waals surface area (Å²) in [5.41, 5.74) is 2.00. The molecule has 0 radical (unpaired) electrons. The summed E-state index contributed by atoms with van der Waals surface area (Å²) in [7, 11) is -0.380. The molecule has 1 aliphatic heterocycles. The van der Waals surface area contributed by atoms with Gasteiger partial charge in [0.25, 0.3) is 0 Å². The van der Waals surface area contributed by atoms with Crippen LogP contribution >= 0.6 is 0 Å². The van der Waals surface area contributed by atoms with Crippen LogP contribution in [0.4, 0.5) is 0 Å². The van der Waals surface area contributed by atoms with Gasteiger partial charge in [-0.05, 0) is 47.9 Å². The van der Waals surface area contributed by atoms with Crippen molar-refractivity contribution in [1.82, 2.24) is 9.21 Å². The molecule has 128 valence electrons. The molecule has 6 heteroatoms. The van der Waals surface area contributed by atoms with E-state index >= 15 is 0 Å². The van der Waals surface area contributed by atoms with Gasteiger partial charge in [-0.3, -0.25) is 4.79 Å². The highest BCUT2D eigenvalue weighted by atomic mass is 32.2. The van der Waals surface area contributed by atoms with Gasteiger partial charge in [0.2, 0.25) is 15.9 Å². The topological polar surface area (TPSA) is 57.7 Å². The van der Waals surface area contributed by atoms with Gasteiger partial charge < -0.3 is 4.90 Å². The molecule has 3 aliphatic rings. The first-order valence-electron chi connectivity index (χ1n) is 8.37. The number of hydrogen-bond donors (Lipinski definition) is 0. The highest BCUT2D eigenvalue weighted by Gasteiger charge is 2.42. The third-order valence-corrected chi connectivity index (χ3v) is 7.40. The van der Waals surface area contributed by atoms with E-state index < -0.39 is 10.0 Å². The highest BCUT2D eigenvalue weighted by molar-refractivity contribution is 7.89. The minimum atomic E-state index is -3.44.